The Morgan fingerprint density at radius 2 is 2.00 bits per heavy atom. The Morgan fingerprint density at radius 1 is 1.35 bits per heavy atom. The number of benzene rings is 1. The van der Waals surface area contributed by atoms with Crippen LogP contribution < -0.4 is 0 Å². The summed E-state index contributed by atoms with van der Waals surface area (Å²) in [5.41, 5.74) is 0.0321. The first-order valence-corrected chi connectivity index (χ1v) is 6.51. The summed E-state index contributed by atoms with van der Waals surface area (Å²) < 4.78 is 3.10. The van der Waals surface area contributed by atoms with Crippen molar-refractivity contribution >= 4 is 22.6 Å². The van der Waals surface area contributed by atoms with E-state index in [0.717, 1.165) is 11.4 Å². The average molecular weight is 342 g/mol. The molecule has 0 saturated heterocycles. The first-order valence-electron chi connectivity index (χ1n) is 5.44. The summed E-state index contributed by atoms with van der Waals surface area (Å²) in [5.74, 6) is 0.883. The topological polar surface area (TPSA) is 38.0 Å². The van der Waals surface area contributed by atoms with Crippen LogP contribution in [0.2, 0.25) is 0 Å². The quantitative estimate of drug-likeness (QED) is 0.871. The van der Waals surface area contributed by atoms with Crippen molar-refractivity contribution in [1.29, 1.82) is 0 Å². The summed E-state index contributed by atoms with van der Waals surface area (Å²) in [6.45, 7) is 1.82. The molecular weight excluding hydrogens is 327 g/mol. The van der Waals surface area contributed by atoms with Gasteiger partial charge in [0.05, 0.1) is 5.60 Å². The number of rotatable bonds is 3. The number of aryl methyl sites for hydroxylation is 1. The smallest absolute Gasteiger partial charge is 0.111 e. The fourth-order valence-electron chi connectivity index (χ4n) is 1.79. The standard InChI is InChI=1S/C13H15IN2O/c1-13(17,9-12-15-7-8-16(12)2)10-3-5-11(14)6-4-10/h3-8,17H,9H2,1-2H3. The summed E-state index contributed by atoms with van der Waals surface area (Å²) in [6.07, 6.45) is 4.15. The molecule has 0 amide bonds. The molecule has 1 aromatic carbocycles. The first-order chi connectivity index (χ1) is 7.99. The van der Waals surface area contributed by atoms with Crippen molar-refractivity contribution in [2.75, 3.05) is 0 Å². The molecule has 3 nitrogen and oxygen atoms in total. The van der Waals surface area contributed by atoms with Gasteiger partial charge in [-0.15, -0.1) is 0 Å². The maximum atomic E-state index is 10.5. The maximum absolute atomic E-state index is 10.5. The zero-order valence-electron chi connectivity index (χ0n) is 9.89. The number of aromatic nitrogens is 2. The van der Waals surface area contributed by atoms with Crippen molar-refractivity contribution < 1.29 is 5.11 Å². The van der Waals surface area contributed by atoms with E-state index in [1.54, 1.807) is 6.20 Å². The molecule has 17 heavy (non-hydrogen) atoms. The maximum Gasteiger partial charge on any atom is 0.111 e. The van der Waals surface area contributed by atoms with Crippen LogP contribution in [0.4, 0.5) is 0 Å². The van der Waals surface area contributed by atoms with Crippen LogP contribution in [0.3, 0.4) is 0 Å². The molecule has 0 saturated carbocycles. The van der Waals surface area contributed by atoms with Gasteiger partial charge in [0.15, 0.2) is 0 Å². The molecule has 0 aliphatic rings. The molecule has 2 aromatic rings. The van der Waals surface area contributed by atoms with Crippen molar-refractivity contribution in [2.45, 2.75) is 18.9 Å². The fraction of sp³-hybridized carbons (Fsp3) is 0.308. The van der Waals surface area contributed by atoms with Crippen LogP contribution in [0, 0.1) is 3.57 Å². The van der Waals surface area contributed by atoms with E-state index in [1.165, 1.54) is 3.57 Å². The molecule has 1 unspecified atom stereocenters. The second kappa shape index (κ2) is 4.78. The predicted molar refractivity (Wildman–Crippen MR) is 75.6 cm³/mol. The lowest BCUT2D eigenvalue weighted by Gasteiger charge is -2.23. The third-order valence-electron chi connectivity index (χ3n) is 2.89. The molecule has 1 aromatic heterocycles. The van der Waals surface area contributed by atoms with Crippen LogP contribution in [-0.4, -0.2) is 14.7 Å². The molecule has 0 aliphatic heterocycles. The monoisotopic (exact) mass is 342 g/mol. The molecule has 0 aliphatic carbocycles. The number of aliphatic hydroxyl groups is 1. The van der Waals surface area contributed by atoms with Gasteiger partial charge in [-0.05, 0) is 47.2 Å². The largest absolute Gasteiger partial charge is 0.385 e. The van der Waals surface area contributed by atoms with Gasteiger partial charge in [0.1, 0.15) is 5.82 Å². The zero-order valence-corrected chi connectivity index (χ0v) is 12.0. The van der Waals surface area contributed by atoms with Gasteiger partial charge < -0.3 is 9.67 Å². The minimum Gasteiger partial charge on any atom is -0.385 e. The lowest BCUT2D eigenvalue weighted by atomic mass is 9.92. The lowest BCUT2D eigenvalue weighted by molar-refractivity contribution is 0.0547. The van der Waals surface area contributed by atoms with Crippen LogP contribution in [0.15, 0.2) is 36.7 Å². The van der Waals surface area contributed by atoms with E-state index in [-0.39, 0.29) is 0 Å². The third kappa shape index (κ3) is 2.87. The average Bonchev–Trinajstić information content (AvgIpc) is 2.64. The van der Waals surface area contributed by atoms with E-state index in [1.807, 2.05) is 49.0 Å². The van der Waals surface area contributed by atoms with Gasteiger partial charge in [0, 0.05) is 29.4 Å². The summed E-state index contributed by atoms with van der Waals surface area (Å²) in [5, 5.41) is 10.5. The van der Waals surface area contributed by atoms with Crippen molar-refractivity contribution in [3.8, 4) is 0 Å². The molecule has 0 spiro atoms. The molecule has 0 bridgehead atoms. The highest BCUT2D eigenvalue weighted by Gasteiger charge is 2.25. The predicted octanol–water partition coefficient (Wildman–Crippen LogP) is 2.47. The van der Waals surface area contributed by atoms with Crippen LogP contribution in [0.5, 0.6) is 0 Å². The first kappa shape index (κ1) is 12.6. The van der Waals surface area contributed by atoms with Crippen LogP contribution in [-0.2, 0) is 19.1 Å². The molecule has 1 atom stereocenters. The van der Waals surface area contributed by atoms with Gasteiger partial charge in [-0.25, -0.2) is 4.98 Å². The third-order valence-corrected chi connectivity index (χ3v) is 3.61. The highest BCUT2D eigenvalue weighted by atomic mass is 127. The minimum atomic E-state index is -0.885. The van der Waals surface area contributed by atoms with Gasteiger partial charge in [0.25, 0.3) is 0 Å². The van der Waals surface area contributed by atoms with Crippen molar-refractivity contribution in [2.24, 2.45) is 7.05 Å². The molecular formula is C13H15IN2O. The normalized spacial score (nSPS) is 14.6. The highest BCUT2D eigenvalue weighted by Crippen LogP contribution is 2.25. The Morgan fingerprint density at radius 3 is 2.53 bits per heavy atom. The van der Waals surface area contributed by atoms with Crippen molar-refractivity contribution in [3.63, 3.8) is 0 Å². The number of halogens is 1. The Balaban J connectivity index is 2.24. The van der Waals surface area contributed by atoms with Gasteiger partial charge in [-0.3, -0.25) is 0 Å². The van der Waals surface area contributed by atoms with Crippen LogP contribution in [0.25, 0.3) is 0 Å². The van der Waals surface area contributed by atoms with E-state index < -0.39 is 5.60 Å². The van der Waals surface area contributed by atoms with Gasteiger partial charge >= 0.3 is 0 Å². The Kier molecular flexibility index (Phi) is 3.53. The number of hydrogen-bond donors (Lipinski definition) is 1. The van der Waals surface area contributed by atoms with Gasteiger partial charge in [-0.2, -0.15) is 0 Å². The minimum absolute atomic E-state index is 0.511. The van der Waals surface area contributed by atoms with E-state index in [2.05, 4.69) is 27.6 Å². The second-order valence-electron chi connectivity index (χ2n) is 4.41. The van der Waals surface area contributed by atoms with Crippen LogP contribution >= 0.6 is 22.6 Å². The van der Waals surface area contributed by atoms with Crippen LogP contribution in [0.1, 0.15) is 18.3 Å². The van der Waals surface area contributed by atoms with Crippen molar-refractivity contribution in [1.82, 2.24) is 9.55 Å². The molecule has 90 valence electrons. The fourth-order valence-corrected chi connectivity index (χ4v) is 2.15. The number of hydrogen-bond acceptors (Lipinski definition) is 2. The molecule has 0 radical (unpaired) electrons. The van der Waals surface area contributed by atoms with E-state index in [0.29, 0.717) is 6.42 Å². The van der Waals surface area contributed by atoms with E-state index in [4.69, 9.17) is 0 Å². The Hall–Kier alpha value is -0.880. The Bertz CT molecular complexity index is 502. The number of nitrogens with zero attached hydrogens (tertiary/aromatic N) is 2. The zero-order chi connectivity index (χ0) is 12.5. The van der Waals surface area contributed by atoms with E-state index in [9.17, 15) is 5.11 Å². The van der Waals surface area contributed by atoms with Gasteiger partial charge in [0.2, 0.25) is 0 Å². The van der Waals surface area contributed by atoms with Gasteiger partial charge in [-0.1, -0.05) is 12.1 Å². The highest BCUT2D eigenvalue weighted by molar-refractivity contribution is 14.1. The number of imidazole rings is 1. The van der Waals surface area contributed by atoms with Crippen molar-refractivity contribution in [3.05, 3.63) is 51.6 Å². The molecule has 2 rings (SSSR count). The second-order valence-corrected chi connectivity index (χ2v) is 5.66. The lowest BCUT2D eigenvalue weighted by Crippen LogP contribution is -2.25. The molecule has 1 N–H and O–H groups in total. The molecule has 4 heteroatoms. The molecule has 0 fully saturated rings. The summed E-state index contributed by atoms with van der Waals surface area (Å²) in [6, 6.07) is 7.93. The molecule has 1 heterocycles. The summed E-state index contributed by atoms with van der Waals surface area (Å²) in [7, 11) is 1.94. The summed E-state index contributed by atoms with van der Waals surface area (Å²) in [4.78, 5) is 4.25. The SMILES string of the molecule is Cn1ccnc1CC(C)(O)c1ccc(I)cc1. The Labute approximate surface area is 115 Å². The summed E-state index contributed by atoms with van der Waals surface area (Å²) >= 11 is 2.25. The van der Waals surface area contributed by atoms with E-state index >= 15 is 0 Å².